The topological polar surface area (TPSA) is 53.1 Å². The van der Waals surface area contributed by atoms with Crippen LogP contribution in [0, 0.1) is 5.92 Å². The van der Waals surface area contributed by atoms with Crippen LogP contribution < -0.4 is 10.5 Å². The summed E-state index contributed by atoms with van der Waals surface area (Å²) >= 11 is 0. The lowest BCUT2D eigenvalue weighted by Gasteiger charge is -2.20. The molecule has 0 saturated heterocycles. The fraction of sp³-hybridized carbons (Fsp3) is 0.438. The molecule has 1 unspecified atom stereocenters. The Bertz CT molecular complexity index is 531. The maximum Gasteiger partial charge on any atom is 0.118 e. The molecular weight excluding hydrogens is 250 g/mol. The molecule has 1 aromatic heterocycles. The van der Waals surface area contributed by atoms with Gasteiger partial charge >= 0.3 is 0 Å². The van der Waals surface area contributed by atoms with Crippen LogP contribution in [0.2, 0.25) is 0 Å². The third-order valence-corrected chi connectivity index (χ3v) is 3.70. The average Bonchev–Trinajstić information content (AvgIpc) is 2.88. The Hall–Kier alpha value is -1.81. The first-order valence-corrected chi connectivity index (χ1v) is 6.98. The third kappa shape index (κ3) is 3.20. The van der Waals surface area contributed by atoms with Gasteiger partial charge in [0.05, 0.1) is 13.4 Å². The Kier molecular flexibility index (Phi) is 4.79. The van der Waals surface area contributed by atoms with E-state index in [1.807, 2.05) is 24.7 Å². The van der Waals surface area contributed by atoms with E-state index in [2.05, 4.69) is 35.5 Å². The van der Waals surface area contributed by atoms with Crippen molar-refractivity contribution >= 4 is 0 Å². The standard InChI is InChI=1S/C16H23N3O/c1-12(2)15(8-17)16-9-18-11-19(16)10-13-4-6-14(20-3)7-5-13/h4-7,9,11-12,15H,8,10,17H2,1-3H3. The Morgan fingerprint density at radius 3 is 2.50 bits per heavy atom. The molecule has 1 heterocycles. The number of ether oxygens (including phenoxy) is 1. The monoisotopic (exact) mass is 273 g/mol. The zero-order valence-electron chi connectivity index (χ0n) is 12.4. The summed E-state index contributed by atoms with van der Waals surface area (Å²) in [5, 5.41) is 0. The number of imidazole rings is 1. The molecule has 0 fully saturated rings. The molecule has 1 atom stereocenters. The first-order valence-electron chi connectivity index (χ1n) is 6.98. The van der Waals surface area contributed by atoms with Crippen LogP contribution >= 0.6 is 0 Å². The van der Waals surface area contributed by atoms with Crippen molar-refractivity contribution in [2.45, 2.75) is 26.3 Å². The van der Waals surface area contributed by atoms with Gasteiger partial charge < -0.3 is 15.0 Å². The third-order valence-electron chi connectivity index (χ3n) is 3.70. The van der Waals surface area contributed by atoms with Crippen LogP contribution in [0.25, 0.3) is 0 Å². The van der Waals surface area contributed by atoms with Crippen LogP contribution in [-0.2, 0) is 6.54 Å². The molecule has 0 amide bonds. The fourth-order valence-electron chi connectivity index (χ4n) is 2.43. The Morgan fingerprint density at radius 2 is 1.95 bits per heavy atom. The van der Waals surface area contributed by atoms with Crippen LogP contribution in [0.4, 0.5) is 0 Å². The second-order valence-electron chi connectivity index (χ2n) is 5.38. The minimum Gasteiger partial charge on any atom is -0.497 e. The Balaban J connectivity index is 2.19. The maximum absolute atomic E-state index is 5.91. The quantitative estimate of drug-likeness (QED) is 0.880. The van der Waals surface area contributed by atoms with Crippen molar-refractivity contribution in [2.75, 3.05) is 13.7 Å². The highest BCUT2D eigenvalue weighted by Crippen LogP contribution is 2.23. The molecule has 4 heteroatoms. The molecule has 4 nitrogen and oxygen atoms in total. The number of hydrogen-bond acceptors (Lipinski definition) is 3. The number of hydrogen-bond donors (Lipinski definition) is 1. The van der Waals surface area contributed by atoms with E-state index in [1.165, 1.54) is 11.3 Å². The SMILES string of the molecule is COc1ccc(Cn2cncc2C(CN)C(C)C)cc1. The number of nitrogens with zero attached hydrogens (tertiary/aromatic N) is 2. The minimum absolute atomic E-state index is 0.343. The van der Waals surface area contributed by atoms with Gasteiger partial charge in [0.25, 0.3) is 0 Å². The first-order chi connectivity index (χ1) is 9.65. The molecule has 108 valence electrons. The molecule has 2 rings (SSSR count). The van der Waals surface area contributed by atoms with Gasteiger partial charge in [-0.1, -0.05) is 26.0 Å². The molecule has 20 heavy (non-hydrogen) atoms. The van der Waals surface area contributed by atoms with Crippen LogP contribution in [-0.4, -0.2) is 23.2 Å². The lowest BCUT2D eigenvalue weighted by molar-refractivity contribution is 0.414. The highest BCUT2D eigenvalue weighted by Gasteiger charge is 2.18. The summed E-state index contributed by atoms with van der Waals surface area (Å²) < 4.78 is 7.36. The number of methoxy groups -OCH3 is 1. The highest BCUT2D eigenvalue weighted by atomic mass is 16.5. The molecule has 0 aliphatic rings. The maximum atomic E-state index is 5.91. The van der Waals surface area contributed by atoms with Gasteiger partial charge in [0.1, 0.15) is 5.75 Å². The summed E-state index contributed by atoms with van der Waals surface area (Å²) in [6, 6.07) is 8.12. The zero-order chi connectivity index (χ0) is 14.5. The molecule has 2 aromatic rings. The molecule has 0 spiro atoms. The summed E-state index contributed by atoms with van der Waals surface area (Å²) in [7, 11) is 1.68. The number of rotatable bonds is 6. The Morgan fingerprint density at radius 1 is 1.25 bits per heavy atom. The smallest absolute Gasteiger partial charge is 0.118 e. The van der Waals surface area contributed by atoms with Crippen molar-refractivity contribution in [3.8, 4) is 5.75 Å². The van der Waals surface area contributed by atoms with E-state index in [-0.39, 0.29) is 0 Å². The zero-order valence-corrected chi connectivity index (χ0v) is 12.4. The Labute approximate surface area is 120 Å². The van der Waals surface area contributed by atoms with Gasteiger partial charge in [0.15, 0.2) is 0 Å². The predicted octanol–water partition coefficient (Wildman–Crippen LogP) is 2.64. The molecule has 0 aliphatic heterocycles. The normalized spacial score (nSPS) is 12.7. The lowest BCUT2D eigenvalue weighted by Crippen LogP contribution is -2.21. The second kappa shape index (κ2) is 6.57. The molecule has 0 saturated carbocycles. The van der Waals surface area contributed by atoms with Gasteiger partial charge in [-0.3, -0.25) is 0 Å². The van der Waals surface area contributed by atoms with Gasteiger partial charge in [-0.2, -0.15) is 0 Å². The molecule has 0 bridgehead atoms. The van der Waals surface area contributed by atoms with E-state index in [0.29, 0.717) is 18.4 Å². The van der Waals surface area contributed by atoms with Gasteiger partial charge in [-0.15, -0.1) is 0 Å². The predicted molar refractivity (Wildman–Crippen MR) is 81.0 cm³/mol. The minimum atomic E-state index is 0.343. The number of aromatic nitrogens is 2. The van der Waals surface area contributed by atoms with Gasteiger partial charge in [0, 0.05) is 30.9 Å². The average molecular weight is 273 g/mol. The highest BCUT2D eigenvalue weighted by molar-refractivity contribution is 5.27. The van der Waals surface area contributed by atoms with Crippen molar-refractivity contribution < 1.29 is 4.74 Å². The summed E-state index contributed by atoms with van der Waals surface area (Å²) in [5.74, 6) is 1.73. The van der Waals surface area contributed by atoms with Crippen molar-refractivity contribution in [3.05, 3.63) is 48.0 Å². The first kappa shape index (κ1) is 14.6. The summed E-state index contributed by atoms with van der Waals surface area (Å²) in [6.07, 6.45) is 3.81. The summed E-state index contributed by atoms with van der Waals surface area (Å²) in [5.41, 5.74) is 8.34. The van der Waals surface area contributed by atoms with E-state index in [4.69, 9.17) is 10.5 Å². The van der Waals surface area contributed by atoms with E-state index < -0.39 is 0 Å². The van der Waals surface area contributed by atoms with E-state index in [1.54, 1.807) is 7.11 Å². The van der Waals surface area contributed by atoms with Gasteiger partial charge in [-0.25, -0.2) is 4.98 Å². The molecule has 2 N–H and O–H groups in total. The summed E-state index contributed by atoms with van der Waals surface area (Å²) in [4.78, 5) is 4.29. The molecule has 0 aliphatic carbocycles. The van der Waals surface area contributed by atoms with Crippen LogP contribution in [0.15, 0.2) is 36.8 Å². The van der Waals surface area contributed by atoms with Crippen molar-refractivity contribution in [1.82, 2.24) is 9.55 Å². The summed E-state index contributed by atoms with van der Waals surface area (Å²) in [6.45, 7) is 5.85. The van der Waals surface area contributed by atoms with Crippen LogP contribution in [0.3, 0.4) is 0 Å². The second-order valence-corrected chi connectivity index (χ2v) is 5.38. The van der Waals surface area contributed by atoms with E-state index in [9.17, 15) is 0 Å². The molecule has 0 radical (unpaired) electrons. The van der Waals surface area contributed by atoms with Gasteiger partial charge in [-0.05, 0) is 23.6 Å². The van der Waals surface area contributed by atoms with Crippen LogP contribution in [0.1, 0.15) is 31.0 Å². The van der Waals surface area contributed by atoms with Crippen molar-refractivity contribution in [3.63, 3.8) is 0 Å². The fourth-order valence-corrected chi connectivity index (χ4v) is 2.43. The van der Waals surface area contributed by atoms with E-state index >= 15 is 0 Å². The largest absolute Gasteiger partial charge is 0.497 e. The molecular formula is C16H23N3O. The molecule has 1 aromatic carbocycles. The van der Waals surface area contributed by atoms with Gasteiger partial charge in [0.2, 0.25) is 0 Å². The lowest BCUT2D eigenvalue weighted by atomic mass is 9.93. The van der Waals surface area contributed by atoms with Crippen molar-refractivity contribution in [1.29, 1.82) is 0 Å². The number of benzene rings is 1. The van der Waals surface area contributed by atoms with Crippen LogP contribution in [0.5, 0.6) is 5.75 Å². The number of nitrogens with two attached hydrogens (primary N) is 1. The van der Waals surface area contributed by atoms with E-state index in [0.717, 1.165) is 12.3 Å². The van der Waals surface area contributed by atoms with Crippen molar-refractivity contribution in [2.24, 2.45) is 11.7 Å².